The molecule has 0 aromatic rings. The number of Topliss-reactive ketones (excluding diaryl/α,β-unsaturated/α-hetero) is 1. The highest BCUT2D eigenvalue weighted by Gasteiger charge is 2.18. The van der Waals surface area contributed by atoms with Crippen LogP contribution >= 0.6 is 8.60 Å². The first kappa shape index (κ1) is 34.9. The van der Waals surface area contributed by atoms with Gasteiger partial charge in [-0.15, -0.1) is 0 Å². The van der Waals surface area contributed by atoms with Crippen LogP contribution in [0, 0.1) is 5.92 Å². The van der Waals surface area contributed by atoms with Gasteiger partial charge in [-0.1, -0.05) is 84.5 Å². The van der Waals surface area contributed by atoms with Gasteiger partial charge in [0.25, 0.3) is 0 Å². The summed E-state index contributed by atoms with van der Waals surface area (Å²) in [6, 6.07) is 0. The predicted octanol–water partition coefficient (Wildman–Crippen LogP) is 8.21. The van der Waals surface area contributed by atoms with Gasteiger partial charge in [0, 0.05) is 25.4 Å². The number of unbranched alkanes of at least 4 members (excludes halogenated alkanes) is 12. The van der Waals surface area contributed by atoms with Gasteiger partial charge < -0.3 is 23.6 Å². The maximum Gasteiger partial charge on any atom is 0.329 e. The molecule has 0 aliphatic carbocycles. The van der Waals surface area contributed by atoms with Crippen molar-refractivity contribution in [2.75, 3.05) is 46.1 Å². The number of likely N-dealkylation sites (tertiary alicyclic amines) is 1. The number of ether oxygens (including phenoxy) is 1. The Morgan fingerprint density at radius 2 is 1.35 bits per heavy atom. The third-order valence-electron chi connectivity index (χ3n) is 7.23. The van der Waals surface area contributed by atoms with Gasteiger partial charge in [-0.2, -0.15) is 0 Å². The van der Waals surface area contributed by atoms with Crippen LogP contribution in [0.15, 0.2) is 0 Å². The van der Waals surface area contributed by atoms with E-state index in [-0.39, 0.29) is 11.7 Å². The van der Waals surface area contributed by atoms with E-state index in [4.69, 9.17) is 13.8 Å². The molecule has 1 aliphatic heterocycles. The van der Waals surface area contributed by atoms with E-state index >= 15 is 0 Å². The van der Waals surface area contributed by atoms with Crippen LogP contribution in [0.4, 0.5) is 0 Å². The minimum absolute atomic E-state index is 0.0210. The normalized spacial score (nSPS) is 15.9. The van der Waals surface area contributed by atoms with Gasteiger partial charge in [0.2, 0.25) is 0 Å². The van der Waals surface area contributed by atoms with Crippen LogP contribution in [-0.2, 0) is 18.6 Å². The lowest BCUT2D eigenvalue weighted by Gasteiger charge is -2.19. The maximum absolute atomic E-state index is 12.2. The van der Waals surface area contributed by atoms with Gasteiger partial charge in [0.1, 0.15) is 5.78 Å². The first-order valence-electron chi connectivity index (χ1n) is 15.7. The molecular weight excluding hydrogens is 485 g/mol. The zero-order valence-electron chi connectivity index (χ0n) is 24.4. The minimum atomic E-state index is -1.89. The molecule has 37 heavy (non-hydrogen) atoms. The molecular formula is C30H60NO5P. The Kier molecular flexibility index (Phi) is 24.7. The quantitative estimate of drug-likeness (QED) is 0.0789. The molecule has 0 aromatic heterocycles. The summed E-state index contributed by atoms with van der Waals surface area (Å²) >= 11 is 0. The predicted molar refractivity (Wildman–Crippen MR) is 156 cm³/mol. The van der Waals surface area contributed by atoms with Crippen LogP contribution in [0.25, 0.3) is 0 Å². The lowest BCUT2D eigenvalue weighted by Crippen LogP contribution is -2.20. The first-order valence-corrected chi connectivity index (χ1v) is 16.8. The number of hydrogen-bond donors (Lipinski definition) is 1. The minimum Gasteiger partial charge on any atom is -0.381 e. The first-order chi connectivity index (χ1) is 18.2. The Morgan fingerprint density at radius 1 is 0.757 bits per heavy atom. The molecule has 1 saturated heterocycles. The fraction of sp³-hybridized carbons (Fsp3) is 0.967. The van der Waals surface area contributed by atoms with Crippen molar-refractivity contribution in [3.05, 3.63) is 0 Å². The van der Waals surface area contributed by atoms with Crippen molar-refractivity contribution < 1.29 is 23.5 Å². The number of rotatable bonds is 28. The molecule has 0 amide bonds. The van der Waals surface area contributed by atoms with E-state index < -0.39 is 8.60 Å². The maximum atomic E-state index is 12.2. The summed E-state index contributed by atoms with van der Waals surface area (Å²) < 4.78 is 17.0. The molecule has 1 heterocycles. The highest BCUT2D eigenvalue weighted by Crippen LogP contribution is 2.34. The van der Waals surface area contributed by atoms with Gasteiger partial charge in [-0.25, -0.2) is 0 Å². The Balaban J connectivity index is 2.05. The Morgan fingerprint density at radius 3 is 1.97 bits per heavy atom. The van der Waals surface area contributed by atoms with Crippen LogP contribution in [0.1, 0.15) is 136 Å². The lowest BCUT2D eigenvalue weighted by atomic mass is 10.0. The molecule has 6 nitrogen and oxygen atoms in total. The molecule has 7 heteroatoms. The van der Waals surface area contributed by atoms with E-state index in [2.05, 4.69) is 11.8 Å². The largest absolute Gasteiger partial charge is 0.381 e. The van der Waals surface area contributed by atoms with Crippen molar-refractivity contribution in [2.45, 2.75) is 136 Å². The smallest absolute Gasteiger partial charge is 0.329 e. The zero-order valence-corrected chi connectivity index (χ0v) is 25.3. The van der Waals surface area contributed by atoms with Crippen molar-refractivity contribution in [3.63, 3.8) is 0 Å². The second-order valence-corrected chi connectivity index (χ2v) is 11.9. The van der Waals surface area contributed by atoms with Gasteiger partial charge in [0.05, 0.1) is 19.8 Å². The molecule has 220 valence electrons. The zero-order chi connectivity index (χ0) is 26.8. The molecule has 0 aromatic carbocycles. The SMILES string of the molecule is CCCCCCCCCCCCCCOCC(COP(O)OCCCCN1CCCC1)CC(=O)CCC. The van der Waals surface area contributed by atoms with E-state index in [1.54, 1.807) is 0 Å². The van der Waals surface area contributed by atoms with Crippen LogP contribution in [0.3, 0.4) is 0 Å². The topological polar surface area (TPSA) is 68.2 Å². The summed E-state index contributed by atoms with van der Waals surface area (Å²) in [7, 11) is -1.89. The number of carbonyl (C=O) groups excluding carboxylic acids is 1. The summed E-state index contributed by atoms with van der Waals surface area (Å²) in [6.07, 6.45) is 22.5. The average molecular weight is 546 g/mol. The average Bonchev–Trinajstić information content (AvgIpc) is 3.41. The van der Waals surface area contributed by atoms with Gasteiger partial charge >= 0.3 is 8.60 Å². The van der Waals surface area contributed by atoms with E-state index in [0.29, 0.717) is 32.7 Å². The van der Waals surface area contributed by atoms with Gasteiger partial charge in [0.15, 0.2) is 0 Å². The third-order valence-corrected chi connectivity index (χ3v) is 8.00. The van der Waals surface area contributed by atoms with Crippen LogP contribution in [-0.4, -0.2) is 61.6 Å². The fourth-order valence-electron chi connectivity index (χ4n) is 4.96. The number of carbonyl (C=O) groups is 1. The van der Waals surface area contributed by atoms with Crippen LogP contribution < -0.4 is 0 Å². The number of hydrogen-bond acceptors (Lipinski definition) is 6. The molecule has 1 aliphatic rings. The summed E-state index contributed by atoms with van der Waals surface area (Å²) in [5.74, 6) is 0.224. The summed E-state index contributed by atoms with van der Waals surface area (Å²) in [5, 5.41) is 0. The number of nitrogens with zero attached hydrogens (tertiary/aromatic N) is 1. The molecule has 1 N–H and O–H groups in total. The second-order valence-electron chi connectivity index (χ2n) is 10.9. The Labute approximate surface area is 230 Å². The van der Waals surface area contributed by atoms with Crippen LogP contribution in [0.2, 0.25) is 0 Å². The van der Waals surface area contributed by atoms with Crippen LogP contribution in [0.5, 0.6) is 0 Å². The molecule has 1 rings (SSSR count). The van der Waals surface area contributed by atoms with E-state index in [1.165, 1.54) is 96.6 Å². The lowest BCUT2D eigenvalue weighted by molar-refractivity contribution is -0.120. The van der Waals surface area contributed by atoms with Crippen molar-refractivity contribution >= 4 is 14.4 Å². The van der Waals surface area contributed by atoms with E-state index in [1.807, 2.05) is 6.92 Å². The fourth-order valence-corrected chi connectivity index (χ4v) is 5.65. The Bertz CT molecular complexity index is 504. The summed E-state index contributed by atoms with van der Waals surface area (Å²) in [5.41, 5.74) is 0. The van der Waals surface area contributed by atoms with Crippen molar-refractivity contribution in [3.8, 4) is 0 Å². The summed E-state index contributed by atoms with van der Waals surface area (Å²) in [4.78, 5) is 24.8. The molecule has 2 atom stereocenters. The summed E-state index contributed by atoms with van der Waals surface area (Å²) in [6.45, 7) is 9.92. The highest BCUT2D eigenvalue weighted by atomic mass is 31.2. The molecule has 0 bridgehead atoms. The third kappa shape index (κ3) is 22.4. The molecule has 1 fully saturated rings. The van der Waals surface area contributed by atoms with Crippen molar-refractivity contribution in [2.24, 2.45) is 5.92 Å². The molecule has 0 radical (unpaired) electrons. The van der Waals surface area contributed by atoms with Crippen molar-refractivity contribution in [1.82, 2.24) is 4.90 Å². The molecule has 0 spiro atoms. The molecule has 2 unspecified atom stereocenters. The monoisotopic (exact) mass is 545 g/mol. The van der Waals surface area contributed by atoms with E-state index in [9.17, 15) is 9.69 Å². The second kappa shape index (κ2) is 26.1. The number of ketones is 1. The van der Waals surface area contributed by atoms with E-state index in [0.717, 1.165) is 38.8 Å². The van der Waals surface area contributed by atoms with Gasteiger partial charge in [-0.05, 0) is 58.2 Å². The molecule has 0 saturated carbocycles. The van der Waals surface area contributed by atoms with Crippen molar-refractivity contribution in [1.29, 1.82) is 0 Å². The Hall–Kier alpha value is -0.100. The standard InChI is InChI=1S/C30H60NO5P/c1-3-5-6-7-8-9-10-11-12-13-14-18-24-34-27-29(26-30(32)20-4-2)28-36-37(33)35-25-19-17-23-31-21-15-16-22-31/h29,33H,3-28H2,1-2H3. The highest BCUT2D eigenvalue weighted by molar-refractivity contribution is 7.40. The van der Waals surface area contributed by atoms with Gasteiger partial charge in [-0.3, -0.25) is 4.79 Å².